The lowest BCUT2D eigenvalue weighted by Gasteiger charge is -2.27. The van der Waals surface area contributed by atoms with E-state index in [-0.39, 0.29) is 12.4 Å². The molecule has 1 aliphatic carbocycles. The molecule has 0 heterocycles. The molecule has 0 aliphatic heterocycles. The van der Waals surface area contributed by atoms with E-state index in [1.54, 1.807) is 0 Å². The maximum absolute atomic E-state index is 11.5. The van der Waals surface area contributed by atoms with Crippen molar-refractivity contribution in [1.29, 1.82) is 0 Å². The lowest BCUT2D eigenvalue weighted by molar-refractivity contribution is 0.111. The van der Waals surface area contributed by atoms with Crippen LogP contribution in [0.3, 0.4) is 0 Å². The van der Waals surface area contributed by atoms with Crippen LogP contribution < -0.4 is 0 Å². The summed E-state index contributed by atoms with van der Waals surface area (Å²) in [6.07, 6.45) is 23.4. The Morgan fingerprint density at radius 3 is 1.81 bits per heavy atom. The average Bonchev–Trinajstić information content (AvgIpc) is 2.91. The average molecular weight is 530 g/mol. The number of halogens is 1. The topological polar surface area (TPSA) is 23.5 Å². The molecule has 0 spiro atoms. The molecule has 1 unspecified atom stereocenters. The zero-order chi connectivity index (χ0) is 25.4. The normalized spacial score (nSPS) is 14.1. The molecule has 3 rings (SSSR count). The van der Waals surface area contributed by atoms with Gasteiger partial charge in [-0.15, -0.1) is 12.4 Å². The van der Waals surface area contributed by atoms with Gasteiger partial charge in [0.15, 0.2) is 0 Å². The van der Waals surface area contributed by atoms with Crippen molar-refractivity contribution in [2.45, 2.75) is 136 Å². The van der Waals surface area contributed by atoms with Gasteiger partial charge in [0.1, 0.15) is 0 Å². The van der Waals surface area contributed by atoms with Crippen molar-refractivity contribution in [3.8, 4) is 0 Å². The minimum atomic E-state index is -0.406. The van der Waals surface area contributed by atoms with Gasteiger partial charge in [-0.25, -0.2) is 0 Å². The Labute approximate surface area is 235 Å². The fourth-order valence-corrected chi connectivity index (χ4v) is 6.16. The van der Waals surface area contributed by atoms with Gasteiger partial charge >= 0.3 is 0 Å². The van der Waals surface area contributed by atoms with Gasteiger partial charge in [0.05, 0.1) is 6.10 Å². The van der Waals surface area contributed by atoms with Crippen LogP contribution in [0.4, 0.5) is 0 Å². The summed E-state index contributed by atoms with van der Waals surface area (Å²) < 4.78 is 0. The molecule has 0 saturated heterocycles. The summed E-state index contributed by atoms with van der Waals surface area (Å²) in [4.78, 5) is 2.58. The molecule has 2 nitrogen and oxygen atoms in total. The summed E-state index contributed by atoms with van der Waals surface area (Å²) in [6.45, 7) is 7.61. The van der Waals surface area contributed by atoms with Crippen molar-refractivity contribution in [3.05, 3.63) is 47.0 Å². The first-order chi connectivity index (χ1) is 17.7. The molecule has 2 aromatic carbocycles. The number of aliphatic hydroxyl groups excluding tert-OH is 1. The summed E-state index contributed by atoms with van der Waals surface area (Å²) in [7, 11) is 0. The Morgan fingerprint density at radius 2 is 1.22 bits per heavy atom. The van der Waals surface area contributed by atoms with E-state index < -0.39 is 6.10 Å². The highest BCUT2D eigenvalue weighted by Gasteiger charge is 2.20. The molecule has 1 N–H and O–H groups in total. The minimum absolute atomic E-state index is 0. The summed E-state index contributed by atoms with van der Waals surface area (Å²) in [6, 6.07) is 11.2. The molecule has 3 heteroatoms. The fraction of sp³-hybridized carbons (Fsp3) is 0.706. The molecule has 0 fully saturated rings. The lowest BCUT2D eigenvalue weighted by Crippen LogP contribution is -2.31. The molecule has 0 amide bonds. The molecule has 1 aliphatic rings. The second-order valence-electron chi connectivity index (χ2n) is 11.4. The largest absolute Gasteiger partial charge is 0.387 e. The number of unbranched alkanes of at least 4 members (excludes halogenated alkanes) is 12. The Bertz CT molecular complexity index is 848. The Kier molecular flexibility index (Phi) is 16.5. The number of hydrogen-bond acceptors (Lipinski definition) is 2. The maximum Gasteiger partial charge on any atom is 0.0923 e. The van der Waals surface area contributed by atoms with Crippen molar-refractivity contribution >= 4 is 23.2 Å². The number of hydrogen-bond donors (Lipinski definition) is 1. The molecule has 210 valence electrons. The Morgan fingerprint density at radius 1 is 0.703 bits per heavy atom. The first-order valence-corrected chi connectivity index (χ1v) is 15.7. The highest BCUT2D eigenvalue weighted by Crippen LogP contribution is 2.34. The maximum atomic E-state index is 11.5. The standard InChI is InChI=1S/C34H55NO.ClH/c1-3-5-7-9-11-13-19-25-35(26-20-14-12-10-8-6-4-2)28-34(36)33-27-29-21-15-16-22-30(29)31-23-17-18-24-32(31)33;/h17-18,23-24,27,34,36H,3-16,19-22,25-26,28H2,1-2H3;1H. The van der Waals surface area contributed by atoms with Crippen molar-refractivity contribution in [2.24, 2.45) is 0 Å². The lowest BCUT2D eigenvalue weighted by atomic mass is 9.84. The molecule has 0 bridgehead atoms. The summed E-state index contributed by atoms with van der Waals surface area (Å²) in [5.41, 5.74) is 4.19. The number of fused-ring (bicyclic) bond motifs is 3. The van der Waals surface area contributed by atoms with Crippen LogP contribution in [-0.4, -0.2) is 29.6 Å². The quantitative estimate of drug-likeness (QED) is 0.183. The van der Waals surface area contributed by atoms with Gasteiger partial charge in [0.25, 0.3) is 0 Å². The van der Waals surface area contributed by atoms with Crippen LogP contribution in [0.1, 0.15) is 139 Å². The van der Waals surface area contributed by atoms with Crippen molar-refractivity contribution in [1.82, 2.24) is 4.90 Å². The van der Waals surface area contributed by atoms with E-state index in [4.69, 9.17) is 0 Å². The molecule has 0 saturated carbocycles. The second-order valence-corrected chi connectivity index (χ2v) is 11.4. The minimum Gasteiger partial charge on any atom is -0.387 e. The van der Waals surface area contributed by atoms with Crippen LogP contribution in [0, 0.1) is 0 Å². The number of benzene rings is 2. The van der Waals surface area contributed by atoms with Crippen LogP contribution in [0.2, 0.25) is 0 Å². The molecule has 1 atom stereocenters. The summed E-state index contributed by atoms with van der Waals surface area (Å²) in [5.74, 6) is 0. The van der Waals surface area contributed by atoms with Crippen LogP contribution in [0.25, 0.3) is 10.8 Å². The first-order valence-electron chi connectivity index (χ1n) is 15.7. The van der Waals surface area contributed by atoms with Crippen LogP contribution >= 0.6 is 12.4 Å². The molecular weight excluding hydrogens is 474 g/mol. The van der Waals surface area contributed by atoms with E-state index >= 15 is 0 Å². The smallest absolute Gasteiger partial charge is 0.0923 e. The van der Waals surface area contributed by atoms with Crippen LogP contribution in [0.5, 0.6) is 0 Å². The van der Waals surface area contributed by atoms with Crippen molar-refractivity contribution in [2.75, 3.05) is 19.6 Å². The number of aryl methyl sites for hydroxylation is 2. The fourth-order valence-electron chi connectivity index (χ4n) is 6.16. The zero-order valence-corrected chi connectivity index (χ0v) is 24.9. The van der Waals surface area contributed by atoms with Gasteiger partial charge in [0, 0.05) is 6.54 Å². The van der Waals surface area contributed by atoms with E-state index in [1.807, 2.05) is 0 Å². The number of nitrogens with zero attached hydrogens (tertiary/aromatic N) is 1. The monoisotopic (exact) mass is 529 g/mol. The third kappa shape index (κ3) is 10.9. The summed E-state index contributed by atoms with van der Waals surface area (Å²) in [5, 5.41) is 14.2. The predicted molar refractivity (Wildman–Crippen MR) is 165 cm³/mol. The van der Waals surface area contributed by atoms with E-state index in [1.165, 1.54) is 137 Å². The van der Waals surface area contributed by atoms with Crippen molar-refractivity contribution in [3.63, 3.8) is 0 Å². The number of aliphatic hydroxyl groups is 1. The van der Waals surface area contributed by atoms with Gasteiger partial charge in [-0.05, 0) is 79.1 Å². The summed E-state index contributed by atoms with van der Waals surface area (Å²) >= 11 is 0. The van der Waals surface area contributed by atoms with Crippen LogP contribution in [0.15, 0.2) is 30.3 Å². The van der Waals surface area contributed by atoms with E-state index in [2.05, 4.69) is 49.1 Å². The van der Waals surface area contributed by atoms with Gasteiger partial charge in [0.2, 0.25) is 0 Å². The SMILES string of the molecule is CCCCCCCCCN(CCCCCCCCC)CC(O)c1cc2c(c3ccccc13)CCCC2.Cl. The second kappa shape index (κ2) is 19.0. The third-order valence-corrected chi connectivity index (χ3v) is 8.35. The molecule has 0 aromatic heterocycles. The Balaban J connectivity index is 0.00000481. The van der Waals surface area contributed by atoms with Gasteiger partial charge in [-0.1, -0.05) is 121 Å². The van der Waals surface area contributed by atoms with E-state index in [0.29, 0.717) is 0 Å². The highest BCUT2D eigenvalue weighted by molar-refractivity contribution is 5.90. The Hall–Kier alpha value is -1.09. The predicted octanol–water partition coefficient (Wildman–Crippen LogP) is 9.98. The van der Waals surface area contributed by atoms with Gasteiger partial charge < -0.3 is 10.0 Å². The number of rotatable bonds is 19. The van der Waals surface area contributed by atoms with Gasteiger partial charge in [-0.3, -0.25) is 0 Å². The highest BCUT2D eigenvalue weighted by atomic mass is 35.5. The molecular formula is C34H56ClNO. The molecule has 2 aromatic rings. The van der Waals surface area contributed by atoms with E-state index in [0.717, 1.165) is 25.2 Å². The molecule has 0 radical (unpaired) electrons. The van der Waals surface area contributed by atoms with E-state index in [9.17, 15) is 5.11 Å². The van der Waals surface area contributed by atoms with Crippen molar-refractivity contribution < 1.29 is 5.11 Å². The zero-order valence-electron chi connectivity index (χ0n) is 24.1. The molecule has 37 heavy (non-hydrogen) atoms. The third-order valence-electron chi connectivity index (χ3n) is 8.35. The first kappa shape index (κ1) is 32.1. The van der Waals surface area contributed by atoms with Crippen LogP contribution in [-0.2, 0) is 12.8 Å². The van der Waals surface area contributed by atoms with Gasteiger partial charge in [-0.2, -0.15) is 0 Å².